The molecule has 0 saturated carbocycles. The van der Waals surface area contributed by atoms with Gasteiger partial charge in [0.25, 0.3) is 0 Å². The molecule has 0 aromatic heterocycles. The maximum atomic E-state index is 11.9. The zero-order chi connectivity index (χ0) is 14.3. The Hall–Kier alpha value is -2.06. The highest BCUT2D eigenvalue weighted by Gasteiger charge is 2.15. The van der Waals surface area contributed by atoms with Crippen LogP contribution < -0.4 is 15.8 Å². The lowest BCUT2D eigenvalue weighted by molar-refractivity contribution is -0.117. The van der Waals surface area contributed by atoms with Crippen LogP contribution in [0.25, 0.3) is 0 Å². The van der Waals surface area contributed by atoms with Gasteiger partial charge in [-0.1, -0.05) is 19.8 Å². The zero-order valence-electron chi connectivity index (χ0n) is 11.3. The van der Waals surface area contributed by atoms with E-state index < -0.39 is 6.04 Å². The highest BCUT2D eigenvalue weighted by Crippen LogP contribution is 2.25. The molecule has 0 bridgehead atoms. The lowest BCUT2D eigenvalue weighted by Crippen LogP contribution is -2.35. The number of nitriles is 1. The predicted molar refractivity (Wildman–Crippen MR) is 73.8 cm³/mol. The van der Waals surface area contributed by atoms with E-state index >= 15 is 0 Å². The molecule has 1 aromatic carbocycles. The summed E-state index contributed by atoms with van der Waals surface area (Å²) in [6.45, 7) is 2.05. The van der Waals surface area contributed by atoms with Crippen molar-refractivity contribution in [3.05, 3.63) is 23.8 Å². The van der Waals surface area contributed by atoms with Crippen molar-refractivity contribution in [2.45, 2.75) is 32.2 Å². The first kappa shape index (κ1) is 15.0. The number of hydrogen-bond acceptors (Lipinski definition) is 4. The number of ether oxygens (including phenoxy) is 1. The standard InChI is InChI=1S/C14H19N3O2/c1-3-4-5-11(16)14(18)17-12-7-6-10(9-15)8-13(12)19-2/h6-8,11H,3-5,16H2,1-2H3,(H,17,18)/t11-/m0/s1. The van der Waals surface area contributed by atoms with Crippen LogP contribution in [0.1, 0.15) is 31.7 Å². The average molecular weight is 261 g/mol. The summed E-state index contributed by atoms with van der Waals surface area (Å²) < 4.78 is 5.14. The van der Waals surface area contributed by atoms with Crippen LogP contribution in [0.15, 0.2) is 18.2 Å². The van der Waals surface area contributed by atoms with Crippen LogP contribution >= 0.6 is 0 Å². The molecule has 0 radical (unpaired) electrons. The van der Waals surface area contributed by atoms with E-state index in [1.807, 2.05) is 13.0 Å². The minimum atomic E-state index is -0.528. The SMILES string of the molecule is CCCC[C@H](N)C(=O)Nc1ccc(C#N)cc1OC. The smallest absolute Gasteiger partial charge is 0.241 e. The molecule has 19 heavy (non-hydrogen) atoms. The topological polar surface area (TPSA) is 88.1 Å². The number of unbranched alkanes of at least 4 members (excludes halogenated alkanes) is 1. The van der Waals surface area contributed by atoms with Gasteiger partial charge >= 0.3 is 0 Å². The van der Waals surface area contributed by atoms with Crippen LogP contribution in [0.2, 0.25) is 0 Å². The molecule has 0 heterocycles. The number of carbonyl (C=O) groups excluding carboxylic acids is 1. The van der Waals surface area contributed by atoms with E-state index in [1.54, 1.807) is 18.2 Å². The molecule has 102 valence electrons. The van der Waals surface area contributed by atoms with Gasteiger partial charge in [-0.2, -0.15) is 5.26 Å². The third-order valence-corrected chi connectivity index (χ3v) is 2.79. The van der Waals surface area contributed by atoms with Crippen molar-refractivity contribution in [1.82, 2.24) is 0 Å². The molecule has 0 fully saturated rings. The molecule has 0 aliphatic rings. The van der Waals surface area contributed by atoms with Crippen LogP contribution in [0, 0.1) is 11.3 Å². The molecule has 1 amide bonds. The predicted octanol–water partition coefficient (Wildman–Crippen LogP) is 2.02. The van der Waals surface area contributed by atoms with Crippen LogP contribution in [-0.4, -0.2) is 19.1 Å². The molecular formula is C14H19N3O2. The van der Waals surface area contributed by atoms with Crippen molar-refractivity contribution < 1.29 is 9.53 Å². The van der Waals surface area contributed by atoms with Gasteiger partial charge in [0, 0.05) is 6.07 Å². The Balaban J connectivity index is 2.76. The molecule has 0 saturated heterocycles. The largest absolute Gasteiger partial charge is 0.495 e. The second kappa shape index (κ2) is 7.39. The summed E-state index contributed by atoms with van der Waals surface area (Å²) in [4.78, 5) is 11.9. The van der Waals surface area contributed by atoms with Crippen molar-refractivity contribution in [2.75, 3.05) is 12.4 Å². The quantitative estimate of drug-likeness (QED) is 0.820. The molecular weight excluding hydrogens is 242 g/mol. The fourth-order valence-electron chi connectivity index (χ4n) is 1.64. The number of carbonyl (C=O) groups is 1. The average Bonchev–Trinajstić information content (AvgIpc) is 2.44. The van der Waals surface area contributed by atoms with E-state index in [-0.39, 0.29) is 5.91 Å². The van der Waals surface area contributed by atoms with Gasteiger partial charge in [-0.25, -0.2) is 0 Å². The van der Waals surface area contributed by atoms with Crippen molar-refractivity contribution in [2.24, 2.45) is 5.73 Å². The number of rotatable bonds is 6. The summed E-state index contributed by atoms with van der Waals surface area (Å²) in [6, 6.07) is 6.33. The second-order valence-corrected chi connectivity index (χ2v) is 4.26. The Labute approximate surface area is 113 Å². The van der Waals surface area contributed by atoms with Gasteiger partial charge in [-0.05, 0) is 18.6 Å². The number of benzene rings is 1. The first-order chi connectivity index (χ1) is 9.12. The van der Waals surface area contributed by atoms with E-state index in [9.17, 15) is 4.79 Å². The first-order valence-electron chi connectivity index (χ1n) is 6.27. The summed E-state index contributed by atoms with van der Waals surface area (Å²) in [7, 11) is 1.49. The Bertz CT molecular complexity index is 480. The highest BCUT2D eigenvalue weighted by molar-refractivity contribution is 5.96. The Morgan fingerprint density at radius 2 is 2.32 bits per heavy atom. The van der Waals surface area contributed by atoms with Crippen molar-refractivity contribution in [3.63, 3.8) is 0 Å². The van der Waals surface area contributed by atoms with Gasteiger partial charge in [0.2, 0.25) is 5.91 Å². The summed E-state index contributed by atoms with van der Waals surface area (Å²) in [5, 5.41) is 11.5. The minimum absolute atomic E-state index is 0.239. The second-order valence-electron chi connectivity index (χ2n) is 4.26. The molecule has 5 heteroatoms. The number of nitrogens with two attached hydrogens (primary N) is 1. The summed E-state index contributed by atoms with van der Waals surface area (Å²) in [5.41, 5.74) is 6.80. The maximum absolute atomic E-state index is 11.9. The molecule has 0 spiro atoms. The monoisotopic (exact) mass is 261 g/mol. The third kappa shape index (κ3) is 4.27. The molecule has 0 aliphatic carbocycles. The summed E-state index contributed by atoms with van der Waals surface area (Å²) in [6.07, 6.45) is 2.57. The molecule has 1 rings (SSSR count). The Kier molecular flexibility index (Phi) is 5.83. The molecule has 1 atom stereocenters. The van der Waals surface area contributed by atoms with Gasteiger partial charge in [-0.3, -0.25) is 4.79 Å². The Morgan fingerprint density at radius 3 is 2.89 bits per heavy atom. The van der Waals surface area contributed by atoms with E-state index in [1.165, 1.54) is 7.11 Å². The van der Waals surface area contributed by atoms with Gasteiger partial charge in [0.05, 0.1) is 30.5 Å². The molecule has 0 unspecified atom stereocenters. The number of amides is 1. The lowest BCUT2D eigenvalue weighted by atomic mass is 10.1. The van der Waals surface area contributed by atoms with Gasteiger partial charge in [0.15, 0.2) is 0 Å². The van der Waals surface area contributed by atoms with Crippen LogP contribution in [0.3, 0.4) is 0 Å². The highest BCUT2D eigenvalue weighted by atomic mass is 16.5. The van der Waals surface area contributed by atoms with E-state index in [4.69, 9.17) is 15.7 Å². The van der Waals surface area contributed by atoms with Crippen LogP contribution in [0.5, 0.6) is 5.75 Å². The molecule has 3 N–H and O–H groups in total. The van der Waals surface area contributed by atoms with E-state index in [0.29, 0.717) is 23.4 Å². The molecule has 1 aromatic rings. The maximum Gasteiger partial charge on any atom is 0.241 e. The minimum Gasteiger partial charge on any atom is -0.495 e. The number of nitrogens with one attached hydrogen (secondary N) is 1. The summed E-state index contributed by atoms with van der Waals surface area (Å²) >= 11 is 0. The van der Waals surface area contributed by atoms with Crippen molar-refractivity contribution in [3.8, 4) is 11.8 Å². The Morgan fingerprint density at radius 1 is 1.58 bits per heavy atom. The van der Waals surface area contributed by atoms with E-state index in [2.05, 4.69) is 5.32 Å². The number of anilines is 1. The lowest BCUT2D eigenvalue weighted by Gasteiger charge is -2.14. The number of nitrogens with zero attached hydrogens (tertiary/aromatic N) is 1. The summed E-state index contributed by atoms with van der Waals surface area (Å²) in [5.74, 6) is 0.214. The van der Waals surface area contributed by atoms with Crippen LogP contribution in [-0.2, 0) is 4.79 Å². The van der Waals surface area contributed by atoms with Gasteiger partial charge in [0.1, 0.15) is 5.75 Å². The normalized spacial score (nSPS) is 11.5. The van der Waals surface area contributed by atoms with Crippen molar-refractivity contribution >= 4 is 11.6 Å². The number of methoxy groups -OCH3 is 1. The molecule has 0 aliphatic heterocycles. The van der Waals surface area contributed by atoms with Crippen LogP contribution in [0.4, 0.5) is 5.69 Å². The fourth-order valence-corrected chi connectivity index (χ4v) is 1.64. The number of hydrogen-bond donors (Lipinski definition) is 2. The van der Waals surface area contributed by atoms with Gasteiger partial charge < -0.3 is 15.8 Å². The molecule has 5 nitrogen and oxygen atoms in total. The van der Waals surface area contributed by atoms with Crippen molar-refractivity contribution in [1.29, 1.82) is 5.26 Å². The van der Waals surface area contributed by atoms with Gasteiger partial charge in [-0.15, -0.1) is 0 Å². The zero-order valence-corrected chi connectivity index (χ0v) is 11.3. The fraction of sp³-hybridized carbons (Fsp3) is 0.429. The third-order valence-electron chi connectivity index (χ3n) is 2.79. The first-order valence-corrected chi connectivity index (χ1v) is 6.27. The van der Waals surface area contributed by atoms with E-state index in [0.717, 1.165) is 12.8 Å².